The van der Waals surface area contributed by atoms with Gasteiger partial charge in [-0.3, -0.25) is 9.48 Å². The third-order valence-electron chi connectivity index (χ3n) is 4.53. The van der Waals surface area contributed by atoms with E-state index < -0.39 is 9.84 Å². The quantitative estimate of drug-likeness (QED) is 0.656. The Morgan fingerprint density at radius 2 is 1.86 bits per heavy atom. The molecule has 1 amide bonds. The second kappa shape index (κ2) is 7.67. The van der Waals surface area contributed by atoms with E-state index in [1.165, 1.54) is 17.6 Å². The molecule has 1 aromatic carbocycles. The SMILES string of the molecule is Cc1nn(CC(C)C)c2sc(C(=O)N[C@@H](C)c3ccc(S(C)(=O)=O)cc3)cc12. The second-order valence-corrected chi connectivity index (χ2v) is 10.6. The Balaban J connectivity index is 1.79. The topological polar surface area (TPSA) is 81.1 Å². The number of hydrogen-bond donors (Lipinski definition) is 1. The molecule has 0 spiro atoms. The van der Waals surface area contributed by atoms with Gasteiger partial charge in [-0.25, -0.2) is 8.42 Å². The lowest BCUT2D eigenvalue weighted by molar-refractivity contribution is 0.0944. The summed E-state index contributed by atoms with van der Waals surface area (Å²) in [5.41, 5.74) is 1.78. The number of amides is 1. The first kappa shape index (κ1) is 20.5. The molecule has 2 heterocycles. The van der Waals surface area contributed by atoms with Crippen molar-refractivity contribution in [2.75, 3.05) is 6.26 Å². The average Bonchev–Trinajstić information content (AvgIpc) is 3.15. The van der Waals surface area contributed by atoms with Gasteiger partial charge >= 0.3 is 0 Å². The van der Waals surface area contributed by atoms with Gasteiger partial charge in [-0.05, 0) is 43.5 Å². The minimum Gasteiger partial charge on any atom is -0.345 e. The molecule has 0 aliphatic carbocycles. The van der Waals surface area contributed by atoms with E-state index in [0.717, 1.165) is 28.0 Å². The van der Waals surface area contributed by atoms with Crippen LogP contribution in [0.3, 0.4) is 0 Å². The van der Waals surface area contributed by atoms with E-state index in [9.17, 15) is 13.2 Å². The molecule has 0 radical (unpaired) electrons. The van der Waals surface area contributed by atoms with Gasteiger partial charge in [-0.1, -0.05) is 26.0 Å². The van der Waals surface area contributed by atoms with Gasteiger partial charge < -0.3 is 5.32 Å². The summed E-state index contributed by atoms with van der Waals surface area (Å²) in [6.07, 6.45) is 1.18. The number of carbonyl (C=O) groups excluding carboxylic acids is 1. The number of aromatic nitrogens is 2. The number of nitrogens with zero attached hydrogens (tertiary/aromatic N) is 2. The average molecular weight is 420 g/mol. The van der Waals surface area contributed by atoms with Crippen LogP contribution in [0.25, 0.3) is 10.2 Å². The molecule has 3 aromatic rings. The van der Waals surface area contributed by atoms with Crippen molar-refractivity contribution >= 4 is 37.3 Å². The summed E-state index contributed by atoms with van der Waals surface area (Å²) in [5.74, 6) is 0.327. The summed E-state index contributed by atoms with van der Waals surface area (Å²) in [5, 5.41) is 8.58. The van der Waals surface area contributed by atoms with Crippen molar-refractivity contribution in [3.05, 3.63) is 46.5 Å². The smallest absolute Gasteiger partial charge is 0.261 e. The highest BCUT2D eigenvalue weighted by atomic mass is 32.2. The van der Waals surface area contributed by atoms with E-state index in [2.05, 4.69) is 24.3 Å². The molecule has 0 saturated heterocycles. The summed E-state index contributed by atoms with van der Waals surface area (Å²) in [6, 6.07) is 8.26. The van der Waals surface area contributed by atoms with Crippen LogP contribution in [0, 0.1) is 12.8 Å². The van der Waals surface area contributed by atoms with Gasteiger partial charge in [0.05, 0.1) is 21.5 Å². The van der Waals surface area contributed by atoms with Crippen molar-refractivity contribution in [3.63, 3.8) is 0 Å². The predicted octanol–water partition coefficient (Wildman–Crippen LogP) is 3.96. The Hall–Kier alpha value is -2.19. The first-order valence-corrected chi connectivity index (χ1v) is 11.8. The first-order valence-electron chi connectivity index (χ1n) is 9.14. The van der Waals surface area contributed by atoms with Crippen molar-refractivity contribution in [2.24, 2.45) is 5.92 Å². The number of carbonyl (C=O) groups is 1. The van der Waals surface area contributed by atoms with Gasteiger partial charge in [0, 0.05) is 18.2 Å². The number of thiophene rings is 1. The van der Waals surface area contributed by atoms with Crippen LogP contribution in [-0.2, 0) is 16.4 Å². The van der Waals surface area contributed by atoms with Crippen LogP contribution in [0.15, 0.2) is 35.2 Å². The number of benzene rings is 1. The van der Waals surface area contributed by atoms with Crippen LogP contribution < -0.4 is 5.32 Å². The molecule has 3 rings (SSSR count). The lowest BCUT2D eigenvalue weighted by Gasteiger charge is -2.14. The number of sulfone groups is 1. The maximum Gasteiger partial charge on any atom is 0.261 e. The van der Waals surface area contributed by atoms with Gasteiger partial charge in [-0.2, -0.15) is 5.10 Å². The van der Waals surface area contributed by atoms with Crippen LogP contribution in [0.1, 0.15) is 47.7 Å². The predicted molar refractivity (Wildman–Crippen MR) is 113 cm³/mol. The Bertz CT molecular complexity index is 1110. The van der Waals surface area contributed by atoms with Crippen molar-refractivity contribution in [3.8, 4) is 0 Å². The normalized spacial score (nSPS) is 13.2. The molecule has 0 unspecified atom stereocenters. The molecule has 0 saturated carbocycles. The molecule has 2 aromatic heterocycles. The third-order valence-corrected chi connectivity index (χ3v) is 6.80. The molecule has 0 aliphatic rings. The molecule has 8 heteroatoms. The zero-order chi connectivity index (χ0) is 20.6. The number of aryl methyl sites for hydroxylation is 1. The van der Waals surface area contributed by atoms with Gasteiger partial charge in [0.15, 0.2) is 9.84 Å². The minimum absolute atomic E-state index is 0.142. The van der Waals surface area contributed by atoms with Gasteiger partial charge in [0.2, 0.25) is 0 Å². The first-order chi connectivity index (χ1) is 13.1. The molecule has 6 nitrogen and oxygen atoms in total. The lowest BCUT2D eigenvalue weighted by Crippen LogP contribution is -2.25. The van der Waals surface area contributed by atoms with Crippen LogP contribution >= 0.6 is 11.3 Å². The van der Waals surface area contributed by atoms with Crippen molar-refractivity contribution in [1.82, 2.24) is 15.1 Å². The summed E-state index contributed by atoms with van der Waals surface area (Å²) < 4.78 is 25.1. The molecule has 1 N–H and O–H groups in total. The molecule has 28 heavy (non-hydrogen) atoms. The fraction of sp³-hybridized carbons (Fsp3) is 0.400. The standard InChI is InChI=1S/C20H25N3O3S2/c1-12(2)11-23-20-17(14(4)22-23)10-18(27-20)19(24)21-13(3)15-6-8-16(9-7-15)28(5,25)26/h6-10,12-13H,11H2,1-5H3,(H,21,24)/t13-/m0/s1. The van der Waals surface area contributed by atoms with Crippen LogP contribution in [0.4, 0.5) is 0 Å². The van der Waals surface area contributed by atoms with Gasteiger partial charge in [0.25, 0.3) is 5.91 Å². The largest absolute Gasteiger partial charge is 0.345 e. The number of nitrogens with one attached hydrogen (secondary N) is 1. The maximum absolute atomic E-state index is 12.7. The fourth-order valence-corrected chi connectivity index (χ4v) is 4.75. The van der Waals surface area contributed by atoms with E-state index in [4.69, 9.17) is 0 Å². The summed E-state index contributed by atoms with van der Waals surface area (Å²) >= 11 is 1.45. The fourth-order valence-electron chi connectivity index (χ4n) is 3.05. The van der Waals surface area contributed by atoms with Crippen LogP contribution in [-0.4, -0.2) is 30.4 Å². The Morgan fingerprint density at radius 3 is 2.43 bits per heavy atom. The lowest BCUT2D eigenvalue weighted by atomic mass is 10.1. The zero-order valence-electron chi connectivity index (χ0n) is 16.7. The van der Waals surface area contributed by atoms with E-state index in [0.29, 0.717) is 10.8 Å². The molecule has 1 atom stereocenters. The second-order valence-electron chi connectivity index (χ2n) is 7.53. The van der Waals surface area contributed by atoms with E-state index in [1.807, 2.05) is 24.6 Å². The van der Waals surface area contributed by atoms with Crippen LogP contribution in [0.2, 0.25) is 0 Å². The summed E-state index contributed by atoms with van der Waals surface area (Å²) in [7, 11) is -3.23. The molecular weight excluding hydrogens is 394 g/mol. The van der Waals surface area contributed by atoms with E-state index in [1.54, 1.807) is 24.3 Å². The highest BCUT2D eigenvalue weighted by Crippen LogP contribution is 2.29. The van der Waals surface area contributed by atoms with Crippen molar-refractivity contribution in [1.29, 1.82) is 0 Å². The van der Waals surface area contributed by atoms with Crippen molar-refractivity contribution < 1.29 is 13.2 Å². The monoisotopic (exact) mass is 419 g/mol. The van der Waals surface area contributed by atoms with Gasteiger partial charge in [0.1, 0.15) is 4.83 Å². The maximum atomic E-state index is 12.7. The highest BCUT2D eigenvalue weighted by molar-refractivity contribution is 7.90. The summed E-state index contributed by atoms with van der Waals surface area (Å²) in [6.45, 7) is 8.93. The van der Waals surface area contributed by atoms with E-state index in [-0.39, 0.29) is 16.8 Å². The van der Waals surface area contributed by atoms with E-state index >= 15 is 0 Å². The zero-order valence-corrected chi connectivity index (χ0v) is 18.3. The number of rotatable bonds is 6. The Morgan fingerprint density at radius 1 is 1.21 bits per heavy atom. The molecule has 150 valence electrons. The highest BCUT2D eigenvalue weighted by Gasteiger charge is 2.19. The number of hydrogen-bond acceptors (Lipinski definition) is 5. The Labute approximate surface area is 169 Å². The van der Waals surface area contributed by atoms with Gasteiger partial charge in [-0.15, -0.1) is 11.3 Å². The molecular formula is C20H25N3O3S2. The number of fused-ring (bicyclic) bond motifs is 1. The Kier molecular flexibility index (Phi) is 5.63. The molecule has 0 bridgehead atoms. The molecule has 0 aliphatic heterocycles. The summed E-state index contributed by atoms with van der Waals surface area (Å²) in [4.78, 5) is 14.7. The minimum atomic E-state index is -3.23. The van der Waals surface area contributed by atoms with Crippen molar-refractivity contribution in [2.45, 2.75) is 45.2 Å². The molecule has 0 fully saturated rings. The van der Waals surface area contributed by atoms with Crippen LogP contribution in [0.5, 0.6) is 0 Å². The third kappa shape index (κ3) is 4.28.